The van der Waals surface area contributed by atoms with Gasteiger partial charge in [-0.2, -0.15) is 5.26 Å². The summed E-state index contributed by atoms with van der Waals surface area (Å²) in [6, 6.07) is 15.9. The maximum atomic E-state index is 10.8. The van der Waals surface area contributed by atoms with Crippen molar-refractivity contribution in [3.05, 3.63) is 69.8 Å². The van der Waals surface area contributed by atoms with Gasteiger partial charge in [0.1, 0.15) is 6.07 Å². The van der Waals surface area contributed by atoms with E-state index < -0.39 is 4.92 Å². The lowest BCUT2D eigenvalue weighted by molar-refractivity contribution is -0.384. The Kier molecular flexibility index (Phi) is 3.96. The predicted molar refractivity (Wildman–Crippen MR) is 76.4 cm³/mol. The third-order valence-electron chi connectivity index (χ3n) is 2.98. The summed E-state index contributed by atoms with van der Waals surface area (Å²) in [4.78, 5) is 12.2. The van der Waals surface area contributed by atoms with Gasteiger partial charge >= 0.3 is 0 Å². The van der Waals surface area contributed by atoms with Crippen molar-refractivity contribution in [3.8, 4) is 6.07 Å². The van der Waals surface area contributed by atoms with E-state index in [0.29, 0.717) is 12.1 Å². The van der Waals surface area contributed by atoms with E-state index in [9.17, 15) is 10.1 Å². The Bertz CT molecular complexity index is 677. The molecule has 2 aromatic carbocycles. The highest BCUT2D eigenvalue weighted by Crippen LogP contribution is 2.21. The monoisotopic (exact) mass is 267 g/mol. The molecular formula is C15H13N3O2. The van der Waals surface area contributed by atoms with Gasteiger partial charge < -0.3 is 4.90 Å². The van der Waals surface area contributed by atoms with Crippen molar-refractivity contribution in [2.45, 2.75) is 6.54 Å². The van der Waals surface area contributed by atoms with Gasteiger partial charge in [-0.25, -0.2) is 0 Å². The highest BCUT2D eigenvalue weighted by Gasteiger charge is 2.10. The Hall–Kier alpha value is -2.87. The van der Waals surface area contributed by atoms with Gasteiger partial charge in [-0.1, -0.05) is 24.3 Å². The minimum absolute atomic E-state index is 0.0736. The van der Waals surface area contributed by atoms with Crippen molar-refractivity contribution in [1.29, 1.82) is 5.26 Å². The van der Waals surface area contributed by atoms with Crippen LogP contribution in [0.15, 0.2) is 48.5 Å². The van der Waals surface area contributed by atoms with Crippen LogP contribution in [-0.2, 0) is 6.54 Å². The SMILES string of the molecule is CN(Cc1cccc([N+](=O)[O-])c1)c1ccccc1C#N. The molecule has 0 aliphatic rings. The summed E-state index contributed by atoms with van der Waals surface area (Å²) in [7, 11) is 1.86. The van der Waals surface area contributed by atoms with Crippen molar-refractivity contribution < 1.29 is 4.92 Å². The molecule has 0 aliphatic carbocycles. The van der Waals surface area contributed by atoms with Gasteiger partial charge in [-0.15, -0.1) is 0 Å². The summed E-state index contributed by atoms with van der Waals surface area (Å²) in [6.07, 6.45) is 0. The second-order valence-corrected chi connectivity index (χ2v) is 4.41. The van der Waals surface area contributed by atoms with E-state index in [2.05, 4.69) is 6.07 Å². The lowest BCUT2D eigenvalue weighted by atomic mass is 10.1. The quantitative estimate of drug-likeness (QED) is 0.630. The van der Waals surface area contributed by atoms with Gasteiger partial charge in [-0.05, 0) is 17.7 Å². The molecule has 0 saturated heterocycles. The number of anilines is 1. The van der Waals surface area contributed by atoms with Crippen molar-refractivity contribution >= 4 is 11.4 Å². The van der Waals surface area contributed by atoms with Crippen molar-refractivity contribution in [3.63, 3.8) is 0 Å². The van der Waals surface area contributed by atoms with Crippen LogP contribution in [0.25, 0.3) is 0 Å². The molecule has 0 fully saturated rings. The molecule has 0 amide bonds. The van der Waals surface area contributed by atoms with Crippen LogP contribution in [0.3, 0.4) is 0 Å². The van der Waals surface area contributed by atoms with E-state index in [1.807, 2.05) is 36.2 Å². The zero-order chi connectivity index (χ0) is 14.5. The molecule has 0 aliphatic heterocycles. The standard InChI is InChI=1S/C15H13N3O2/c1-17(15-8-3-2-6-13(15)10-16)11-12-5-4-7-14(9-12)18(19)20/h2-9H,11H2,1H3. The Morgan fingerprint density at radius 2 is 2.00 bits per heavy atom. The van der Waals surface area contributed by atoms with Gasteiger partial charge in [0.2, 0.25) is 0 Å². The van der Waals surface area contributed by atoms with Crippen LogP contribution in [-0.4, -0.2) is 12.0 Å². The summed E-state index contributed by atoms with van der Waals surface area (Å²) in [5.74, 6) is 0. The van der Waals surface area contributed by atoms with E-state index in [0.717, 1.165) is 11.3 Å². The minimum atomic E-state index is -0.410. The molecular weight excluding hydrogens is 254 g/mol. The molecule has 0 unspecified atom stereocenters. The molecule has 100 valence electrons. The van der Waals surface area contributed by atoms with E-state index >= 15 is 0 Å². The van der Waals surface area contributed by atoms with Crippen molar-refractivity contribution in [2.24, 2.45) is 0 Å². The fourth-order valence-electron chi connectivity index (χ4n) is 2.03. The Labute approximate surface area is 116 Å². The number of benzene rings is 2. The van der Waals surface area contributed by atoms with Crippen LogP contribution in [0.4, 0.5) is 11.4 Å². The molecule has 0 aromatic heterocycles. The molecule has 20 heavy (non-hydrogen) atoms. The van der Waals surface area contributed by atoms with Crippen LogP contribution >= 0.6 is 0 Å². The number of non-ortho nitro benzene ring substituents is 1. The second kappa shape index (κ2) is 5.85. The molecule has 5 heteroatoms. The first-order valence-electron chi connectivity index (χ1n) is 6.05. The van der Waals surface area contributed by atoms with E-state index in [-0.39, 0.29) is 5.69 Å². The lowest BCUT2D eigenvalue weighted by Crippen LogP contribution is -2.17. The maximum Gasteiger partial charge on any atom is 0.269 e. The van der Waals surface area contributed by atoms with Crippen LogP contribution in [0.1, 0.15) is 11.1 Å². The molecule has 2 aromatic rings. The molecule has 0 bridgehead atoms. The first-order valence-corrected chi connectivity index (χ1v) is 6.05. The van der Waals surface area contributed by atoms with E-state index in [1.54, 1.807) is 18.2 Å². The number of para-hydroxylation sites is 1. The fourth-order valence-corrected chi connectivity index (χ4v) is 2.03. The largest absolute Gasteiger partial charge is 0.369 e. The van der Waals surface area contributed by atoms with Crippen LogP contribution in [0.5, 0.6) is 0 Å². The first kappa shape index (κ1) is 13.6. The third-order valence-corrected chi connectivity index (χ3v) is 2.98. The van der Waals surface area contributed by atoms with Gasteiger partial charge in [-0.3, -0.25) is 10.1 Å². The third kappa shape index (κ3) is 2.93. The normalized spacial score (nSPS) is 9.80. The van der Waals surface area contributed by atoms with Gasteiger partial charge in [0.05, 0.1) is 16.2 Å². The summed E-state index contributed by atoms with van der Waals surface area (Å²) in [6.45, 7) is 0.500. The van der Waals surface area contributed by atoms with Crippen LogP contribution < -0.4 is 4.90 Å². The van der Waals surface area contributed by atoms with Gasteiger partial charge in [0.25, 0.3) is 5.69 Å². The maximum absolute atomic E-state index is 10.8. The molecule has 0 heterocycles. The number of rotatable bonds is 4. The fraction of sp³-hybridized carbons (Fsp3) is 0.133. The lowest BCUT2D eigenvalue weighted by Gasteiger charge is -2.20. The van der Waals surface area contributed by atoms with Crippen molar-refractivity contribution in [1.82, 2.24) is 0 Å². The Morgan fingerprint density at radius 1 is 1.25 bits per heavy atom. The highest BCUT2D eigenvalue weighted by atomic mass is 16.6. The number of nitriles is 1. The molecule has 0 spiro atoms. The summed E-state index contributed by atoms with van der Waals surface area (Å²) in [5, 5.41) is 19.8. The second-order valence-electron chi connectivity index (χ2n) is 4.41. The number of nitro benzene ring substituents is 1. The van der Waals surface area contributed by atoms with E-state index in [4.69, 9.17) is 5.26 Å². The van der Waals surface area contributed by atoms with Gasteiger partial charge in [0, 0.05) is 25.7 Å². The highest BCUT2D eigenvalue weighted by molar-refractivity contribution is 5.59. The number of nitro groups is 1. The summed E-state index contributed by atoms with van der Waals surface area (Å²) in [5.41, 5.74) is 2.29. The topological polar surface area (TPSA) is 70.2 Å². The zero-order valence-corrected chi connectivity index (χ0v) is 11.0. The van der Waals surface area contributed by atoms with Crippen LogP contribution in [0.2, 0.25) is 0 Å². The zero-order valence-electron chi connectivity index (χ0n) is 11.0. The number of hydrogen-bond donors (Lipinski definition) is 0. The van der Waals surface area contributed by atoms with Crippen LogP contribution in [0, 0.1) is 21.4 Å². The average molecular weight is 267 g/mol. The smallest absolute Gasteiger partial charge is 0.269 e. The predicted octanol–water partition coefficient (Wildman–Crippen LogP) is 3.10. The van der Waals surface area contributed by atoms with Gasteiger partial charge in [0.15, 0.2) is 0 Å². The number of nitrogens with zero attached hydrogens (tertiary/aromatic N) is 3. The summed E-state index contributed by atoms with van der Waals surface area (Å²) < 4.78 is 0. The molecule has 2 rings (SSSR count). The van der Waals surface area contributed by atoms with Crippen molar-refractivity contribution in [2.75, 3.05) is 11.9 Å². The molecule has 0 atom stereocenters. The first-order chi connectivity index (χ1) is 9.61. The molecule has 0 N–H and O–H groups in total. The Morgan fingerprint density at radius 3 is 2.70 bits per heavy atom. The van der Waals surface area contributed by atoms with E-state index in [1.165, 1.54) is 6.07 Å². The molecule has 0 saturated carbocycles. The average Bonchev–Trinajstić information content (AvgIpc) is 2.47. The summed E-state index contributed by atoms with van der Waals surface area (Å²) >= 11 is 0. The molecule has 5 nitrogen and oxygen atoms in total. The Balaban J connectivity index is 2.24. The minimum Gasteiger partial charge on any atom is -0.369 e. The number of hydrogen-bond acceptors (Lipinski definition) is 4. The molecule has 0 radical (unpaired) electrons.